The Kier molecular flexibility index (Phi) is 3.72. The van der Waals surface area contributed by atoms with E-state index >= 15 is 0 Å². The number of hydrogen-bond donors (Lipinski definition) is 0. The molecule has 1 aromatic carbocycles. The third-order valence-corrected chi connectivity index (χ3v) is 3.60. The van der Waals surface area contributed by atoms with Crippen LogP contribution < -0.4 is 0 Å². The van der Waals surface area contributed by atoms with Gasteiger partial charge >= 0.3 is 6.18 Å². The smallest absolute Gasteiger partial charge is 0.327 e. The largest absolute Gasteiger partial charge is 0.416 e. The Labute approximate surface area is 122 Å². The second kappa shape index (κ2) is 5.04. The van der Waals surface area contributed by atoms with Gasteiger partial charge in [-0.25, -0.2) is 0 Å². The summed E-state index contributed by atoms with van der Waals surface area (Å²) in [6, 6.07) is 6.20. The predicted octanol–water partition coefficient (Wildman–Crippen LogP) is 4.99. The highest BCUT2D eigenvalue weighted by atomic mass is 35.5. The van der Waals surface area contributed by atoms with Crippen molar-refractivity contribution in [3.8, 4) is 17.3 Å². The number of rotatable bonds is 1. The van der Waals surface area contributed by atoms with E-state index in [-0.39, 0.29) is 21.4 Å². The summed E-state index contributed by atoms with van der Waals surface area (Å²) in [5.41, 5.74) is -0.0554. The molecule has 2 aromatic rings. The molecule has 7 heteroatoms. The van der Waals surface area contributed by atoms with Crippen LogP contribution in [-0.4, -0.2) is 4.57 Å². The topological polar surface area (TPSA) is 28.7 Å². The second-order valence-corrected chi connectivity index (χ2v) is 4.68. The molecule has 0 spiro atoms. The van der Waals surface area contributed by atoms with Gasteiger partial charge < -0.3 is 4.57 Å². The Morgan fingerprint density at radius 3 is 2.15 bits per heavy atom. The van der Waals surface area contributed by atoms with Crippen molar-refractivity contribution in [3.63, 3.8) is 0 Å². The van der Waals surface area contributed by atoms with Gasteiger partial charge in [-0.05, 0) is 17.7 Å². The quantitative estimate of drug-likeness (QED) is 0.728. The van der Waals surface area contributed by atoms with Crippen molar-refractivity contribution in [2.24, 2.45) is 0 Å². The third kappa shape index (κ3) is 2.37. The minimum atomic E-state index is -4.42. The number of alkyl halides is 3. The molecule has 0 atom stereocenters. The summed E-state index contributed by atoms with van der Waals surface area (Å²) in [6.07, 6.45) is -4.42. The first-order valence-corrected chi connectivity index (χ1v) is 6.01. The zero-order valence-electron chi connectivity index (χ0n) is 9.80. The first-order chi connectivity index (χ1) is 9.27. The summed E-state index contributed by atoms with van der Waals surface area (Å²) in [5, 5.41) is 9.15. The van der Waals surface area contributed by atoms with Gasteiger partial charge in [0.1, 0.15) is 11.2 Å². The van der Waals surface area contributed by atoms with Gasteiger partial charge in [0.15, 0.2) is 0 Å². The van der Waals surface area contributed by atoms with E-state index in [1.165, 1.54) is 16.7 Å². The van der Waals surface area contributed by atoms with Gasteiger partial charge in [-0.2, -0.15) is 18.4 Å². The monoisotopic (exact) mass is 317 g/mol. The van der Waals surface area contributed by atoms with Gasteiger partial charge in [0.25, 0.3) is 0 Å². The maximum atomic E-state index is 12.5. The molecule has 2 rings (SSSR count). The van der Waals surface area contributed by atoms with Crippen molar-refractivity contribution < 1.29 is 13.2 Å². The lowest BCUT2D eigenvalue weighted by atomic mass is 10.1. The summed E-state index contributed by atoms with van der Waals surface area (Å²) in [6.45, 7) is 0. The van der Waals surface area contributed by atoms with Gasteiger partial charge in [-0.1, -0.05) is 35.3 Å². The normalized spacial score (nSPS) is 11.4. The summed E-state index contributed by atoms with van der Waals surface area (Å²) < 4.78 is 38.7. The van der Waals surface area contributed by atoms with Crippen LogP contribution in [0.4, 0.5) is 13.2 Å². The van der Waals surface area contributed by atoms with Crippen molar-refractivity contribution in [1.29, 1.82) is 5.26 Å². The molecule has 2 nitrogen and oxygen atoms in total. The SMILES string of the molecule is [CH2]n1c(Cl)c(Cl)c(C#N)c1-c1ccc(C(F)(F)F)cc1. The predicted molar refractivity (Wildman–Crippen MR) is 70.4 cm³/mol. The number of halogens is 5. The van der Waals surface area contributed by atoms with Crippen molar-refractivity contribution in [1.82, 2.24) is 4.57 Å². The average Bonchev–Trinajstić information content (AvgIpc) is 2.62. The lowest BCUT2D eigenvalue weighted by molar-refractivity contribution is -0.137. The highest BCUT2D eigenvalue weighted by Crippen LogP contribution is 2.38. The third-order valence-electron chi connectivity index (χ3n) is 2.74. The number of nitriles is 1. The van der Waals surface area contributed by atoms with E-state index in [0.717, 1.165) is 12.1 Å². The molecule has 1 heterocycles. The van der Waals surface area contributed by atoms with E-state index in [4.69, 9.17) is 28.5 Å². The van der Waals surface area contributed by atoms with Crippen molar-refractivity contribution in [2.45, 2.75) is 6.18 Å². The van der Waals surface area contributed by atoms with Crippen LogP contribution in [0.25, 0.3) is 11.3 Å². The van der Waals surface area contributed by atoms with Crippen LogP contribution in [0, 0.1) is 18.4 Å². The summed E-state index contributed by atoms with van der Waals surface area (Å²) >= 11 is 11.8. The molecular weight excluding hydrogens is 312 g/mol. The Bertz CT molecular complexity index is 694. The van der Waals surface area contributed by atoms with Crippen molar-refractivity contribution >= 4 is 23.2 Å². The highest BCUT2D eigenvalue weighted by molar-refractivity contribution is 6.42. The number of nitrogens with zero attached hydrogens (tertiary/aromatic N) is 2. The Morgan fingerprint density at radius 1 is 1.15 bits per heavy atom. The lowest BCUT2D eigenvalue weighted by Crippen LogP contribution is -2.04. The fourth-order valence-electron chi connectivity index (χ4n) is 1.78. The van der Waals surface area contributed by atoms with Crippen LogP contribution in [0.5, 0.6) is 0 Å². The van der Waals surface area contributed by atoms with Crippen LogP contribution in [0.1, 0.15) is 11.1 Å². The molecule has 0 bridgehead atoms. The standard InChI is InChI=1S/C13H6Cl2F3N2/c1-20-11(9(6-19)10(14)12(20)15)7-2-4-8(5-3-7)13(16,17)18/h2-5H,1H2. The second-order valence-electron chi connectivity index (χ2n) is 3.94. The molecule has 0 unspecified atom stereocenters. The van der Waals surface area contributed by atoms with Gasteiger partial charge in [0.05, 0.1) is 21.8 Å². The minimum absolute atomic E-state index is 0.0269. The van der Waals surface area contributed by atoms with Gasteiger partial charge in [-0.3, -0.25) is 0 Å². The molecule has 0 fully saturated rings. The summed E-state index contributed by atoms with van der Waals surface area (Å²) in [5.74, 6) is 0. The number of benzene rings is 1. The Balaban J connectivity index is 2.59. The van der Waals surface area contributed by atoms with E-state index in [1.54, 1.807) is 0 Å². The first kappa shape index (κ1) is 14.8. The molecule has 0 amide bonds. The van der Waals surface area contributed by atoms with Crippen molar-refractivity contribution in [3.05, 3.63) is 52.6 Å². The van der Waals surface area contributed by atoms with Crippen LogP contribution in [0.2, 0.25) is 10.2 Å². The van der Waals surface area contributed by atoms with Crippen LogP contribution in [-0.2, 0) is 6.18 Å². The van der Waals surface area contributed by atoms with E-state index in [1.807, 2.05) is 6.07 Å². The number of hydrogen-bond acceptors (Lipinski definition) is 1. The van der Waals surface area contributed by atoms with Gasteiger partial charge in [0.2, 0.25) is 0 Å². The fourth-order valence-corrected chi connectivity index (χ4v) is 2.19. The number of aromatic nitrogens is 1. The maximum Gasteiger partial charge on any atom is 0.416 e. The van der Waals surface area contributed by atoms with Crippen LogP contribution in [0.15, 0.2) is 24.3 Å². The van der Waals surface area contributed by atoms with E-state index in [2.05, 4.69) is 7.05 Å². The lowest BCUT2D eigenvalue weighted by Gasteiger charge is -2.09. The summed E-state index contributed by atoms with van der Waals surface area (Å²) in [4.78, 5) is 0. The molecule has 0 saturated carbocycles. The zero-order chi connectivity index (χ0) is 15.1. The summed E-state index contributed by atoms with van der Waals surface area (Å²) in [7, 11) is 3.62. The highest BCUT2D eigenvalue weighted by Gasteiger charge is 2.30. The molecule has 1 aromatic heterocycles. The van der Waals surface area contributed by atoms with Crippen molar-refractivity contribution in [2.75, 3.05) is 0 Å². The molecular formula is C13H6Cl2F3N2. The Morgan fingerprint density at radius 2 is 1.70 bits per heavy atom. The van der Waals surface area contributed by atoms with E-state index in [9.17, 15) is 13.2 Å². The fraction of sp³-hybridized carbons (Fsp3) is 0.0769. The van der Waals surface area contributed by atoms with Crippen LogP contribution in [0.3, 0.4) is 0 Å². The molecule has 0 saturated heterocycles. The average molecular weight is 318 g/mol. The molecule has 1 radical (unpaired) electrons. The zero-order valence-corrected chi connectivity index (χ0v) is 11.3. The Hall–Kier alpha value is -1.64. The molecule has 0 aliphatic carbocycles. The molecule has 0 aliphatic rings. The molecule has 20 heavy (non-hydrogen) atoms. The minimum Gasteiger partial charge on any atom is -0.327 e. The molecule has 103 valence electrons. The van der Waals surface area contributed by atoms with Gasteiger partial charge in [-0.15, -0.1) is 0 Å². The molecule has 0 aliphatic heterocycles. The maximum absolute atomic E-state index is 12.5. The van der Waals surface area contributed by atoms with Gasteiger partial charge in [0, 0.05) is 7.05 Å². The van der Waals surface area contributed by atoms with E-state index in [0.29, 0.717) is 5.56 Å². The van der Waals surface area contributed by atoms with Crippen LogP contribution >= 0.6 is 23.2 Å². The molecule has 0 N–H and O–H groups in total. The van der Waals surface area contributed by atoms with E-state index < -0.39 is 11.7 Å². The first-order valence-electron chi connectivity index (χ1n) is 5.25.